The quantitative estimate of drug-likeness (QED) is 0.817. The van der Waals surface area contributed by atoms with E-state index in [4.69, 9.17) is 4.74 Å². The molecule has 2 N–H and O–H groups in total. The topological polar surface area (TPSA) is 83.8 Å². The molecule has 0 spiro atoms. The molecule has 0 atom stereocenters. The molecule has 7 nitrogen and oxygen atoms in total. The van der Waals surface area contributed by atoms with Crippen LogP contribution in [0.25, 0.3) is 10.9 Å². The Hall–Kier alpha value is -2.61. The van der Waals surface area contributed by atoms with Crippen LogP contribution < -0.4 is 20.4 Å². The molecule has 1 aliphatic heterocycles. The number of piperidine rings is 1. The molecular weight excluding hydrogens is 365 g/mol. The number of nitrogens with one attached hydrogen (secondary N) is 1. The number of carboxylic acid groups (broad SMARTS) is 1. The Morgan fingerprint density at radius 3 is 2.50 bits per heavy atom. The second-order valence-corrected chi connectivity index (χ2v) is 7.50. The maximum atomic E-state index is 15.2. The average molecular weight is 389 g/mol. The summed E-state index contributed by atoms with van der Waals surface area (Å²) in [5.41, 5.74) is -0.200. The first-order chi connectivity index (χ1) is 13.5. The van der Waals surface area contributed by atoms with E-state index in [1.165, 1.54) is 19.4 Å². The first-order valence-electron chi connectivity index (χ1n) is 9.57. The molecule has 2 fully saturated rings. The van der Waals surface area contributed by atoms with Crippen molar-refractivity contribution in [3.05, 3.63) is 33.9 Å². The van der Waals surface area contributed by atoms with Gasteiger partial charge in [-0.3, -0.25) is 4.79 Å². The molecule has 1 aliphatic carbocycles. The minimum absolute atomic E-state index is 0.0509. The predicted octanol–water partition coefficient (Wildman–Crippen LogP) is 2.37. The predicted molar refractivity (Wildman–Crippen MR) is 104 cm³/mol. The van der Waals surface area contributed by atoms with E-state index in [1.807, 2.05) is 11.9 Å². The van der Waals surface area contributed by atoms with Gasteiger partial charge in [-0.2, -0.15) is 0 Å². The summed E-state index contributed by atoms with van der Waals surface area (Å²) in [5.74, 6) is -1.56. The molecule has 1 aromatic carbocycles. The van der Waals surface area contributed by atoms with E-state index in [0.717, 1.165) is 25.7 Å². The Bertz CT molecular complexity index is 991. The Kier molecular flexibility index (Phi) is 4.74. The summed E-state index contributed by atoms with van der Waals surface area (Å²) in [4.78, 5) is 26.2. The van der Waals surface area contributed by atoms with Crippen LogP contribution in [0, 0.1) is 5.82 Å². The summed E-state index contributed by atoms with van der Waals surface area (Å²) in [6.45, 7) is 1.34. The lowest BCUT2D eigenvalue weighted by Gasteiger charge is -2.34. The number of benzene rings is 1. The van der Waals surface area contributed by atoms with Crippen LogP contribution in [0.1, 0.15) is 42.1 Å². The van der Waals surface area contributed by atoms with E-state index in [1.54, 1.807) is 4.57 Å². The Morgan fingerprint density at radius 2 is 1.96 bits per heavy atom. The van der Waals surface area contributed by atoms with E-state index >= 15 is 4.39 Å². The van der Waals surface area contributed by atoms with Gasteiger partial charge in [0, 0.05) is 31.4 Å². The van der Waals surface area contributed by atoms with Gasteiger partial charge in [-0.1, -0.05) is 0 Å². The summed E-state index contributed by atoms with van der Waals surface area (Å²) < 4.78 is 22.6. The van der Waals surface area contributed by atoms with Gasteiger partial charge in [-0.05, 0) is 38.8 Å². The number of hydrogen-bond donors (Lipinski definition) is 2. The number of ether oxygens (including phenoxy) is 1. The highest BCUT2D eigenvalue weighted by Crippen LogP contribution is 2.44. The largest absolute Gasteiger partial charge is 0.492 e. The van der Waals surface area contributed by atoms with Gasteiger partial charge in [0.05, 0.1) is 18.0 Å². The molecule has 2 aliphatic rings. The van der Waals surface area contributed by atoms with Gasteiger partial charge in [0.15, 0.2) is 11.6 Å². The second-order valence-electron chi connectivity index (χ2n) is 7.50. The van der Waals surface area contributed by atoms with Gasteiger partial charge < -0.3 is 24.6 Å². The standard InChI is InChI=1S/C20H24FN3O4/c1-22-11-5-7-23(8-6-11)17-15(21)9-13-16(19(17)28-2)24(12-3-4-12)10-14(18(13)25)20(26)27/h9-12,22H,3-8H2,1-2H3,(H,26,27). The minimum Gasteiger partial charge on any atom is -0.492 e. The first-order valence-corrected chi connectivity index (χ1v) is 9.57. The molecule has 1 saturated carbocycles. The smallest absolute Gasteiger partial charge is 0.341 e. The number of rotatable bonds is 5. The molecule has 28 heavy (non-hydrogen) atoms. The Labute approximate surface area is 161 Å². The number of halogens is 1. The Morgan fingerprint density at radius 1 is 1.29 bits per heavy atom. The van der Waals surface area contributed by atoms with Crippen LogP contribution in [0.4, 0.5) is 10.1 Å². The van der Waals surface area contributed by atoms with Crippen molar-refractivity contribution in [2.45, 2.75) is 37.8 Å². The summed E-state index contributed by atoms with van der Waals surface area (Å²) >= 11 is 0. The fourth-order valence-corrected chi connectivity index (χ4v) is 4.12. The zero-order valence-corrected chi connectivity index (χ0v) is 16.0. The molecule has 4 rings (SSSR count). The average Bonchev–Trinajstić information content (AvgIpc) is 3.52. The lowest BCUT2D eigenvalue weighted by molar-refractivity contribution is 0.0695. The third-order valence-corrected chi connectivity index (χ3v) is 5.79. The molecule has 2 heterocycles. The molecule has 0 radical (unpaired) electrons. The van der Waals surface area contributed by atoms with Crippen molar-refractivity contribution >= 4 is 22.6 Å². The highest BCUT2D eigenvalue weighted by Gasteiger charge is 2.32. The SMILES string of the molecule is CNC1CCN(c2c(F)cc3c(=O)c(C(=O)O)cn(C4CC4)c3c2OC)CC1. The molecule has 0 bridgehead atoms. The molecule has 1 saturated heterocycles. The summed E-state index contributed by atoms with van der Waals surface area (Å²) in [7, 11) is 3.39. The molecule has 0 unspecified atom stereocenters. The highest BCUT2D eigenvalue weighted by molar-refractivity contribution is 5.97. The second kappa shape index (κ2) is 7.09. The van der Waals surface area contributed by atoms with Crippen molar-refractivity contribution in [1.82, 2.24) is 9.88 Å². The van der Waals surface area contributed by atoms with Crippen molar-refractivity contribution in [2.24, 2.45) is 0 Å². The molecule has 2 aromatic rings. The van der Waals surface area contributed by atoms with Crippen LogP contribution in [-0.2, 0) is 0 Å². The minimum atomic E-state index is -1.31. The van der Waals surface area contributed by atoms with Crippen LogP contribution >= 0.6 is 0 Å². The third kappa shape index (κ3) is 3.01. The fraction of sp³-hybridized carbons (Fsp3) is 0.500. The van der Waals surface area contributed by atoms with Crippen molar-refractivity contribution in [3.8, 4) is 5.75 Å². The number of aromatic nitrogens is 1. The van der Waals surface area contributed by atoms with Gasteiger partial charge in [0.2, 0.25) is 5.43 Å². The van der Waals surface area contributed by atoms with Crippen molar-refractivity contribution < 1.29 is 19.0 Å². The van der Waals surface area contributed by atoms with Crippen LogP contribution in [0.2, 0.25) is 0 Å². The van der Waals surface area contributed by atoms with Crippen molar-refractivity contribution in [3.63, 3.8) is 0 Å². The van der Waals surface area contributed by atoms with Crippen LogP contribution in [0.5, 0.6) is 5.75 Å². The summed E-state index contributed by atoms with van der Waals surface area (Å²) in [5, 5.41) is 12.7. The number of fused-ring (bicyclic) bond motifs is 1. The van der Waals surface area contributed by atoms with E-state index in [-0.39, 0.29) is 17.0 Å². The van der Waals surface area contributed by atoms with E-state index in [9.17, 15) is 14.7 Å². The summed E-state index contributed by atoms with van der Waals surface area (Å²) in [6, 6.07) is 1.67. The number of methoxy groups -OCH3 is 1. The van der Waals surface area contributed by atoms with Gasteiger partial charge >= 0.3 is 5.97 Å². The number of carboxylic acids is 1. The van der Waals surface area contributed by atoms with Gasteiger partial charge in [-0.25, -0.2) is 9.18 Å². The fourth-order valence-electron chi connectivity index (χ4n) is 4.12. The molecule has 1 aromatic heterocycles. The maximum Gasteiger partial charge on any atom is 0.341 e. The van der Waals surface area contributed by atoms with Gasteiger partial charge in [0.1, 0.15) is 11.3 Å². The molecule has 0 amide bonds. The zero-order chi connectivity index (χ0) is 20.0. The number of anilines is 1. The molecule has 150 valence electrons. The van der Waals surface area contributed by atoms with Gasteiger partial charge in [0.25, 0.3) is 0 Å². The van der Waals surface area contributed by atoms with E-state index in [0.29, 0.717) is 36.1 Å². The first kappa shape index (κ1) is 18.7. The number of nitrogens with zero attached hydrogens (tertiary/aromatic N) is 2. The van der Waals surface area contributed by atoms with Crippen LogP contribution in [-0.4, -0.2) is 48.9 Å². The summed E-state index contributed by atoms with van der Waals surface area (Å²) in [6.07, 6.45) is 4.91. The third-order valence-electron chi connectivity index (χ3n) is 5.79. The monoisotopic (exact) mass is 389 g/mol. The number of carbonyl (C=O) groups is 1. The number of pyridine rings is 1. The maximum absolute atomic E-state index is 15.2. The van der Waals surface area contributed by atoms with Gasteiger partial charge in [-0.15, -0.1) is 0 Å². The van der Waals surface area contributed by atoms with E-state index in [2.05, 4.69) is 5.32 Å². The van der Waals surface area contributed by atoms with Crippen LogP contribution in [0.15, 0.2) is 17.1 Å². The van der Waals surface area contributed by atoms with Crippen LogP contribution in [0.3, 0.4) is 0 Å². The normalized spacial score (nSPS) is 17.9. The highest BCUT2D eigenvalue weighted by atomic mass is 19.1. The molecule has 8 heteroatoms. The number of aromatic carboxylic acids is 1. The van der Waals surface area contributed by atoms with E-state index < -0.39 is 17.2 Å². The van der Waals surface area contributed by atoms with Crippen molar-refractivity contribution in [2.75, 3.05) is 32.1 Å². The zero-order valence-electron chi connectivity index (χ0n) is 16.0. The lowest BCUT2D eigenvalue weighted by Crippen LogP contribution is -2.41. The molecular formula is C20H24FN3O4. The lowest BCUT2D eigenvalue weighted by atomic mass is 10.0. The Balaban J connectivity index is 1.94. The number of hydrogen-bond acceptors (Lipinski definition) is 5. The van der Waals surface area contributed by atoms with Crippen molar-refractivity contribution in [1.29, 1.82) is 0 Å².